The predicted octanol–water partition coefficient (Wildman–Crippen LogP) is 12.9. The van der Waals surface area contributed by atoms with Crippen LogP contribution in [-0.4, -0.2) is 4.57 Å². The van der Waals surface area contributed by atoms with E-state index in [9.17, 15) is 0 Å². The Morgan fingerprint density at radius 3 is 1.59 bits per heavy atom. The second-order valence-electron chi connectivity index (χ2n) is 13.6. The first-order chi connectivity index (χ1) is 23.9. The van der Waals surface area contributed by atoms with Crippen LogP contribution in [0.3, 0.4) is 0 Å². The Labute approximate surface area is 289 Å². The Bertz CT molecular complexity index is 2350. The number of aromatic nitrogens is 1. The lowest BCUT2D eigenvalue weighted by molar-refractivity contribution is 0.637. The largest absolute Gasteiger partial charge is 0.310 e. The third kappa shape index (κ3) is 5.50. The van der Waals surface area contributed by atoms with Gasteiger partial charge in [-0.1, -0.05) is 134 Å². The highest BCUT2D eigenvalue weighted by atomic mass is 15.1. The molecule has 238 valence electrons. The molecule has 0 fully saturated rings. The van der Waals surface area contributed by atoms with Crippen molar-refractivity contribution in [3.63, 3.8) is 0 Å². The van der Waals surface area contributed by atoms with Crippen molar-refractivity contribution >= 4 is 38.9 Å². The van der Waals surface area contributed by atoms with E-state index in [1.54, 1.807) is 0 Å². The molecule has 7 aromatic carbocycles. The van der Waals surface area contributed by atoms with Crippen LogP contribution in [0.15, 0.2) is 170 Å². The number of anilines is 3. The normalized spacial score (nSPS) is 11.7. The third-order valence-corrected chi connectivity index (χ3v) is 10.0. The van der Waals surface area contributed by atoms with E-state index in [-0.39, 0.29) is 5.41 Å². The molecule has 0 aliphatic heterocycles. The molecule has 1 heterocycles. The van der Waals surface area contributed by atoms with E-state index in [1.807, 2.05) is 0 Å². The molecule has 0 spiro atoms. The number of rotatable bonds is 7. The molecule has 2 nitrogen and oxygen atoms in total. The Balaban J connectivity index is 1.40. The summed E-state index contributed by atoms with van der Waals surface area (Å²) in [5, 5.41) is 2.46. The van der Waals surface area contributed by atoms with Crippen molar-refractivity contribution in [2.24, 2.45) is 0 Å². The summed E-state index contributed by atoms with van der Waals surface area (Å²) >= 11 is 0. The van der Waals surface area contributed by atoms with Gasteiger partial charge in [-0.05, 0) is 96.8 Å². The summed E-state index contributed by atoms with van der Waals surface area (Å²) in [6.07, 6.45) is 0. The lowest BCUT2D eigenvalue weighted by Crippen LogP contribution is -2.21. The first-order valence-corrected chi connectivity index (χ1v) is 17.1. The van der Waals surface area contributed by atoms with Crippen LogP contribution in [0.2, 0.25) is 0 Å². The zero-order valence-corrected chi connectivity index (χ0v) is 28.6. The van der Waals surface area contributed by atoms with E-state index in [0.29, 0.717) is 0 Å². The van der Waals surface area contributed by atoms with Gasteiger partial charge in [0.05, 0.1) is 16.7 Å². The SMILES string of the molecule is Cc1ccc(N(c2ccc(C)cc2)c2ccc3c(c2)c2cc(-c4ccccc4)ccc2n3-c2ccccc2C(C)(C)c2ccccc2)cc1. The molecule has 0 saturated heterocycles. The number of hydrogen-bond donors (Lipinski definition) is 0. The first kappa shape index (κ1) is 30.5. The van der Waals surface area contributed by atoms with E-state index in [0.717, 1.165) is 17.1 Å². The van der Waals surface area contributed by atoms with Crippen LogP contribution >= 0.6 is 0 Å². The van der Waals surface area contributed by atoms with E-state index in [4.69, 9.17) is 0 Å². The fourth-order valence-electron chi connectivity index (χ4n) is 7.26. The van der Waals surface area contributed by atoms with Gasteiger partial charge in [0.2, 0.25) is 0 Å². The van der Waals surface area contributed by atoms with Gasteiger partial charge < -0.3 is 9.47 Å². The van der Waals surface area contributed by atoms with Crippen LogP contribution < -0.4 is 4.90 Å². The van der Waals surface area contributed by atoms with Crippen LogP contribution in [0.5, 0.6) is 0 Å². The van der Waals surface area contributed by atoms with Gasteiger partial charge in [-0.25, -0.2) is 0 Å². The second kappa shape index (κ2) is 12.3. The number of benzene rings is 7. The second-order valence-corrected chi connectivity index (χ2v) is 13.6. The minimum atomic E-state index is -0.210. The third-order valence-electron chi connectivity index (χ3n) is 10.0. The average Bonchev–Trinajstić information content (AvgIpc) is 3.47. The van der Waals surface area contributed by atoms with Gasteiger partial charge in [0.15, 0.2) is 0 Å². The summed E-state index contributed by atoms with van der Waals surface area (Å²) in [5.74, 6) is 0. The van der Waals surface area contributed by atoms with Crippen molar-refractivity contribution in [3.8, 4) is 16.8 Å². The van der Waals surface area contributed by atoms with Gasteiger partial charge in [0, 0.05) is 33.2 Å². The minimum absolute atomic E-state index is 0.210. The quantitative estimate of drug-likeness (QED) is 0.170. The lowest BCUT2D eigenvalue weighted by atomic mass is 9.77. The van der Waals surface area contributed by atoms with E-state index < -0.39 is 0 Å². The molecule has 0 aliphatic rings. The van der Waals surface area contributed by atoms with Crippen molar-refractivity contribution in [2.45, 2.75) is 33.1 Å². The Morgan fingerprint density at radius 1 is 0.449 bits per heavy atom. The van der Waals surface area contributed by atoms with Gasteiger partial charge in [0.25, 0.3) is 0 Å². The van der Waals surface area contributed by atoms with Crippen molar-refractivity contribution in [1.29, 1.82) is 0 Å². The van der Waals surface area contributed by atoms with Crippen LogP contribution in [0, 0.1) is 13.8 Å². The van der Waals surface area contributed by atoms with Crippen LogP contribution in [-0.2, 0) is 5.41 Å². The fraction of sp³-hybridized carbons (Fsp3) is 0.106. The molecule has 8 aromatic rings. The van der Waals surface area contributed by atoms with Crippen LogP contribution in [0.4, 0.5) is 17.1 Å². The molecule has 8 rings (SSSR count). The van der Waals surface area contributed by atoms with Gasteiger partial charge >= 0.3 is 0 Å². The molecular weight excluding hydrogens is 593 g/mol. The minimum Gasteiger partial charge on any atom is -0.310 e. The summed E-state index contributed by atoms with van der Waals surface area (Å²) in [7, 11) is 0. The standard InChI is InChI=1S/C47H40N2/c1-33-19-24-38(25-20-33)48(39-26-21-34(2)22-27-39)40-28-30-45-42(32-40)41-31-36(35-13-7-5-8-14-35)23-29-44(41)49(45)46-18-12-11-17-43(46)47(3,4)37-15-9-6-10-16-37/h5-32H,1-4H3. The zero-order valence-electron chi connectivity index (χ0n) is 28.6. The highest BCUT2D eigenvalue weighted by Gasteiger charge is 2.28. The molecule has 49 heavy (non-hydrogen) atoms. The maximum absolute atomic E-state index is 2.48. The predicted molar refractivity (Wildman–Crippen MR) is 209 cm³/mol. The summed E-state index contributed by atoms with van der Waals surface area (Å²) in [6.45, 7) is 8.95. The monoisotopic (exact) mass is 632 g/mol. The maximum Gasteiger partial charge on any atom is 0.0542 e. The van der Waals surface area contributed by atoms with Crippen molar-refractivity contribution in [1.82, 2.24) is 4.57 Å². The molecule has 0 N–H and O–H groups in total. The molecule has 0 bridgehead atoms. The number of para-hydroxylation sites is 1. The molecule has 0 aliphatic carbocycles. The molecule has 0 unspecified atom stereocenters. The van der Waals surface area contributed by atoms with E-state index in [1.165, 1.54) is 60.9 Å². The van der Waals surface area contributed by atoms with Crippen molar-refractivity contribution < 1.29 is 0 Å². The Hall–Kier alpha value is -5.86. The number of hydrogen-bond acceptors (Lipinski definition) is 1. The highest BCUT2D eigenvalue weighted by molar-refractivity contribution is 6.12. The number of nitrogens with zero attached hydrogens (tertiary/aromatic N) is 2. The van der Waals surface area contributed by atoms with E-state index >= 15 is 0 Å². The molecular formula is C47H40N2. The summed E-state index contributed by atoms with van der Waals surface area (Å²) in [6, 6.07) is 62.0. The fourth-order valence-corrected chi connectivity index (χ4v) is 7.26. The highest BCUT2D eigenvalue weighted by Crippen LogP contribution is 2.43. The molecule has 2 heteroatoms. The topological polar surface area (TPSA) is 8.17 Å². The molecule has 0 amide bonds. The van der Waals surface area contributed by atoms with Gasteiger partial charge in [-0.2, -0.15) is 0 Å². The van der Waals surface area contributed by atoms with Gasteiger partial charge in [0.1, 0.15) is 0 Å². The molecule has 1 aromatic heterocycles. The summed E-state index contributed by atoms with van der Waals surface area (Å²) in [5.41, 5.74) is 14.3. The molecule has 0 saturated carbocycles. The van der Waals surface area contributed by atoms with E-state index in [2.05, 4.69) is 207 Å². The molecule has 0 atom stereocenters. The number of aryl methyl sites for hydroxylation is 2. The summed E-state index contributed by atoms with van der Waals surface area (Å²) < 4.78 is 2.48. The van der Waals surface area contributed by atoms with Crippen molar-refractivity contribution in [3.05, 3.63) is 192 Å². The maximum atomic E-state index is 2.48. The van der Waals surface area contributed by atoms with Gasteiger partial charge in [-0.3, -0.25) is 0 Å². The van der Waals surface area contributed by atoms with Crippen LogP contribution in [0.25, 0.3) is 38.6 Å². The zero-order chi connectivity index (χ0) is 33.5. The smallest absolute Gasteiger partial charge is 0.0542 e. The summed E-state index contributed by atoms with van der Waals surface area (Å²) in [4.78, 5) is 2.37. The first-order valence-electron chi connectivity index (χ1n) is 17.1. The Kier molecular flexibility index (Phi) is 7.65. The molecule has 0 radical (unpaired) electrons. The van der Waals surface area contributed by atoms with Crippen molar-refractivity contribution in [2.75, 3.05) is 4.90 Å². The Morgan fingerprint density at radius 2 is 0.959 bits per heavy atom. The average molecular weight is 633 g/mol. The van der Waals surface area contributed by atoms with Crippen LogP contribution in [0.1, 0.15) is 36.1 Å². The lowest BCUT2D eigenvalue weighted by Gasteiger charge is -2.29. The number of fused-ring (bicyclic) bond motifs is 3. The van der Waals surface area contributed by atoms with Gasteiger partial charge in [-0.15, -0.1) is 0 Å².